The second-order valence-electron chi connectivity index (χ2n) is 4.28. The topological polar surface area (TPSA) is 23.5 Å². The summed E-state index contributed by atoms with van der Waals surface area (Å²) in [6.45, 7) is 7.51. The first-order valence-electron chi connectivity index (χ1n) is 6.33. The molecule has 1 N–H and O–H groups in total. The first kappa shape index (κ1) is 14.0. The molecule has 0 radical (unpaired) electrons. The van der Waals surface area contributed by atoms with E-state index in [-0.39, 0.29) is 5.82 Å². The first-order chi connectivity index (χ1) is 8.11. The number of rotatable bonds is 6. The number of hydrogen-bond acceptors (Lipinski definition) is 2. The minimum Gasteiger partial charge on any atom is -0.389 e. The molecule has 0 bridgehead atoms. The van der Waals surface area contributed by atoms with Crippen LogP contribution >= 0.6 is 0 Å². The van der Waals surface area contributed by atoms with E-state index in [0.717, 1.165) is 31.6 Å². The number of anilines is 1. The molecule has 1 rings (SSSR count). The van der Waals surface area contributed by atoms with Crippen LogP contribution in [0.25, 0.3) is 0 Å². The van der Waals surface area contributed by atoms with Crippen LogP contribution < -0.4 is 4.90 Å². The molecule has 0 aromatic heterocycles. The zero-order chi connectivity index (χ0) is 12.8. The van der Waals surface area contributed by atoms with Crippen molar-refractivity contribution in [3.8, 4) is 0 Å². The van der Waals surface area contributed by atoms with Crippen LogP contribution in [0.1, 0.15) is 45.3 Å². The number of nitrogens with zero attached hydrogens (tertiary/aromatic N) is 1. The monoisotopic (exact) mass is 239 g/mol. The number of benzene rings is 1. The van der Waals surface area contributed by atoms with Crippen molar-refractivity contribution in [1.29, 1.82) is 0 Å². The Labute approximate surface area is 103 Å². The average Bonchev–Trinajstić information content (AvgIpc) is 2.29. The van der Waals surface area contributed by atoms with E-state index in [1.165, 1.54) is 6.07 Å². The van der Waals surface area contributed by atoms with Gasteiger partial charge in [0.05, 0.1) is 6.10 Å². The Morgan fingerprint density at radius 2 is 2.06 bits per heavy atom. The van der Waals surface area contributed by atoms with E-state index >= 15 is 0 Å². The van der Waals surface area contributed by atoms with Crippen LogP contribution in [0.5, 0.6) is 0 Å². The number of halogens is 1. The molecule has 96 valence electrons. The van der Waals surface area contributed by atoms with Crippen LogP contribution in [0.4, 0.5) is 10.1 Å². The molecule has 17 heavy (non-hydrogen) atoms. The van der Waals surface area contributed by atoms with Gasteiger partial charge in [0.2, 0.25) is 0 Å². The van der Waals surface area contributed by atoms with Crippen molar-refractivity contribution in [1.82, 2.24) is 0 Å². The lowest BCUT2D eigenvalue weighted by molar-refractivity contribution is 0.194. The van der Waals surface area contributed by atoms with Crippen LogP contribution in [0, 0.1) is 5.82 Å². The number of unbranched alkanes of at least 4 members (excludes halogenated alkanes) is 1. The van der Waals surface area contributed by atoms with Gasteiger partial charge in [-0.2, -0.15) is 0 Å². The minimum absolute atomic E-state index is 0.326. The van der Waals surface area contributed by atoms with E-state index < -0.39 is 6.10 Å². The van der Waals surface area contributed by atoms with Gasteiger partial charge in [-0.3, -0.25) is 0 Å². The highest BCUT2D eigenvalue weighted by atomic mass is 19.1. The van der Waals surface area contributed by atoms with Crippen molar-refractivity contribution in [3.63, 3.8) is 0 Å². The fourth-order valence-corrected chi connectivity index (χ4v) is 2.01. The second kappa shape index (κ2) is 6.60. The van der Waals surface area contributed by atoms with Gasteiger partial charge in [0.15, 0.2) is 0 Å². The van der Waals surface area contributed by atoms with Gasteiger partial charge in [-0.15, -0.1) is 0 Å². The largest absolute Gasteiger partial charge is 0.389 e. The molecule has 0 saturated carbocycles. The number of hydrogen-bond donors (Lipinski definition) is 1. The summed E-state index contributed by atoms with van der Waals surface area (Å²) in [5, 5.41) is 9.69. The molecule has 0 aliphatic heterocycles. The van der Waals surface area contributed by atoms with Gasteiger partial charge in [-0.05, 0) is 32.4 Å². The summed E-state index contributed by atoms with van der Waals surface area (Å²) in [5.41, 5.74) is 1.22. The normalized spacial score (nSPS) is 12.5. The standard InChI is InChI=1S/C14H22FNO/c1-4-6-10-16(5-2)13-9-7-8-12(15)14(13)11(3)17/h7-9,11,17H,4-6,10H2,1-3H3/t11-/m0/s1. The van der Waals surface area contributed by atoms with Crippen molar-refractivity contribution in [2.45, 2.75) is 39.7 Å². The van der Waals surface area contributed by atoms with Crippen LogP contribution in [-0.2, 0) is 0 Å². The van der Waals surface area contributed by atoms with Gasteiger partial charge in [0.25, 0.3) is 0 Å². The highest BCUT2D eigenvalue weighted by molar-refractivity contribution is 5.55. The summed E-state index contributed by atoms with van der Waals surface area (Å²) in [5.74, 6) is -0.326. The quantitative estimate of drug-likeness (QED) is 0.821. The maximum absolute atomic E-state index is 13.7. The van der Waals surface area contributed by atoms with E-state index in [1.54, 1.807) is 13.0 Å². The molecule has 1 aromatic carbocycles. The Morgan fingerprint density at radius 1 is 1.35 bits per heavy atom. The van der Waals surface area contributed by atoms with Crippen molar-refractivity contribution >= 4 is 5.69 Å². The molecule has 0 amide bonds. The molecule has 1 atom stereocenters. The van der Waals surface area contributed by atoms with Crippen molar-refractivity contribution in [2.75, 3.05) is 18.0 Å². The summed E-state index contributed by atoms with van der Waals surface area (Å²) >= 11 is 0. The molecule has 0 aliphatic carbocycles. The van der Waals surface area contributed by atoms with Gasteiger partial charge in [0.1, 0.15) is 5.82 Å². The van der Waals surface area contributed by atoms with Gasteiger partial charge in [0, 0.05) is 24.3 Å². The summed E-state index contributed by atoms with van der Waals surface area (Å²) in [7, 11) is 0. The molecule has 0 spiro atoms. The van der Waals surface area contributed by atoms with Crippen molar-refractivity contribution < 1.29 is 9.50 Å². The van der Waals surface area contributed by atoms with E-state index in [0.29, 0.717) is 5.56 Å². The lowest BCUT2D eigenvalue weighted by Crippen LogP contribution is -2.25. The zero-order valence-electron chi connectivity index (χ0n) is 10.9. The molecule has 2 nitrogen and oxygen atoms in total. The Morgan fingerprint density at radius 3 is 2.59 bits per heavy atom. The molecule has 1 aromatic rings. The third-order valence-electron chi connectivity index (χ3n) is 2.95. The van der Waals surface area contributed by atoms with Gasteiger partial charge in [-0.1, -0.05) is 19.4 Å². The predicted molar refractivity (Wildman–Crippen MR) is 69.8 cm³/mol. The maximum Gasteiger partial charge on any atom is 0.131 e. The molecule has 0 unspecified atom stereocenters. The van der Waals surface area contributed by atoms with Crippen molar-refractivity contribution in [3.05, 3.63) is 29.6 Å². The molecule has 0 aliphatic rings. The molecule has 0 heterocycles. The van der Waals surface area contributed by atoms with Crippen LogP contribution in [-0.4, -0.2) is 18.2 Å². The summed E-state index contributed by atoms with van der Waals surface area (Å²) in [6.07, 6.45) is 1.40. The molecule has 0 fully saturated rings. The van der Waals surface area contributed by atoms with E-state index in [4.69, 9.17) is 0 Å². The smallest absolute Gasteiger partial charge is 0.131 e. The van der Waals surface area contributed by atoms with Crippen LogP contribution in [0.3, 0.4) is 0 Å². The van der Waals surface area contributed by atoms with E-state index in [1.807, 2.05) is 13.0 Å². The van der Waals surface area contributed by atoms with Gasteiger partial charge < -0.3 is 10.0 Å². The van der Waals surface area contributed by atoms with Crippen molar-refractivity contribution in [2.24, 2.45) is 0 Å². The highest BCUT2D eigenvalue weighted by Gasteiger charge is 2.16. The Bertz CT molecular complexity index is 352. The van der Waals surface area contributed by atoms with Gasteiger partial charge in [-0.25, -0.2) is 4.39 Å². The van der Waals surface area contributed by atoms with Crippen LogP contribution in [0.2, 0.25) is 0 Å². The molecule has 0 saturated heterocycles. The van der Waals surface area contributed by atoms with E-state index in [2.05, 4.69) is 11.8 Å². The Hall–Kier alpha value is -1.09. The lowest BCUT2D eigenvalue weighted by Gasteiger charge is -2.26. The minimum atomic E-state index is -0.776. The summed E-state index contributed by atoms with van der Waals surface area (Å²) in [4.78, 5) is 2.12. The summed E-state index contributed by atoms with van der Waals surface area (Å²) < 4.78 is 13.7. The number of aliphatic hydroxyl groups excluding tert-OH is 1. The zero-order valence-corrected chi connectivity index (χ0v) is 10.9. The fourth-order valence-electron chi connectivity index (χ4n) is 2.01. The summed E-state index contributed by atoms with van der Waals surface area (Å²) in [6, 6.07) is 4.98. The fraction of sp³-hybridized carbons (Fsp3) is 0.571. The number of aliphatic hydroxyl groups is 1. The van der Waals surface area contributed by atoms with Gasteiger partial charge >= 0.3 is 0 Å². The first-order valence-corrected chi connectivity index (χ1v) is 6.33. The molecule has 3 heteroatoms. The Kier molecular flexibility index (Phi) is 5.42. The molecular weight excluding hydrogens is 217 g/mol. The van der Waals surface area contributed by atoms with E-state index in [9.17, 15) is 9.50 Å². The SMILES string of the molecule is CCCCN(CC)c1cccc(F)c1[C@H](C)O. The third-order valence-corrected chi connectivity index (χ3v) is 2.95. The van der Waals surface area contributed by atoms with Crippen LogP contribution in [0.15, 0.2) is 18.2 Å². The second-order valence-corrected chi connectivity index (χ2v) is 4.28. The average molecular weight is 239 g/mol. The third kappa shape index (κ3) is 3.43. The maximum atomic E-state index is 13.7. The Balaban J connectivity index is 3.05. The highest BCUT2D eigenvalue weighted by Crippen LogP contribution is 2.29. The predicted octanol–water partition coefficient (Wildman–Crippen LogP) is 3.51. The lowest BCUT2D eigenvalue weighted by atomic mass is 10.1. The molecular formula is C14H22FNO.